The first-order chi connectivity index (χ1) is 5.79. The van der Waals surface area contributed by atoms with Gasteiger partial charge >= 0.3 is 0 Å². The van der Waals surface area contributed by atoms with Gasteiger partial charge in [-0.2, -0.15) is 5.14 Å². The Hall–Kier alpha value is 0.230. The molecule has 72 valence electrons. The van der Waals surface area contributed by atoms with Crippen LogP contribution in [0, 0.1) is 0 Å². The van der Waals surface area contributed by atoms with Crippen molar-refractivity contribution in [1.29, 1.82) is 0 Å². The highest BCUT2D eigenvalue weighted by Crippen LogP contribution is 2.08. The third-order valence-electron chi connectivity index (χ3n) is 2.27. The quantitative estimate of drug-likeness (QED) is 0.656. The summed E-state index contributed by atoms with van der Waals surface area (Å²) in [6, 6.07) is 0. The van der Waals surface area contributed by atoms with Gasteiger partial charge in [-0.05, 0) is 25.9 Å². The summed E-state index contributed by atoms with van der Waals surface area (Å²) in [4.78, 5) is 2.44. The molecule has 0 bridgehead atoms. The van der Waals surface area contributed by atoms with Crippen molar-refractivity contribution in [2.75, 3.05) is 25.4 Å². The molecular weight excluding hydrogens is 172 g/mol. The number of piperidine rings is 1. The van der Waals surface area contributed by atoms with Crippen molar-refractivity contribution in [2.24, 2.45) is 5.14 Å². The van der Waals surface area contributed by atoms with Crippen molar-refractivity contribution in [1.82, 2.24) is 4.90 Å². The average Bonchev–Trinajstić information content (AvgIpc) is 2.05. The SMILES string of the molecule is N[S+]([O-])CCCN1CCCCC1. The monoisotopic (exact) mass is 190 g/mol. The number of nitrogens with zero attached hydrogens (tertiary/aromatic N) is 1. The van der Waals surface area contributed by atoms with Gasteiger partial charge in [0.2, 0.25) is 0 Å². The normalized spacial score (nSPS) is 22.5. The molecule has 0 saturated carbocycles. The molecule has 1 rings (SSSR count). The van der Waals surface area contributed by atoms with Gasteiger partial charge in [-0.15, -0.1) is 0 Å². The van der Waals surface area contributed by atoms with E-state index in [1.165, 1.54) is 32.4 Å². The molecule has 4 heteroatoms. The van der Waals surface area contributed by atoms with Crippen LogP contribution in [0.4, 0.5) is 0 Å². The van der Waals surface area contributed by atoms with Crippen LogP contribution in [0.15, 0.2) is 0 Å². The van der Waals surface area contributed by atoms with Gasteiger partial charge in [0.05, 0.1) is 0 Å². The van der Waals surface area contributed by atoms with Crippen LogP contribution in [0.3, 0.4) is 0 Å². The molecule has 1 fully saturated rings. The number of nitrogens with two attached hydrogens (primary N) is 1. The van der Waals surface area contributed by atoms with Crippen LogP contribution in [-0.4, -0.2) is 34.8 Å². The minimum Gasteiger partial charge on any atom is -0.598 e. The van der Waals surface area contributed by atoms with Gasteiger partial charge in [0.25, 0.3) is 0 Å². The molecule has 0 amide bonds. The molecule has 0 aliphatic carbocycles. The molecule has 0 aromatic heterocycles. The molecule has 2 N–H and O–H groups in total. The Labute approximate surface area is 77.6 Å². The summed E-state index contributed by atoms with van der Waals surface area (Å²) in [5.41, 5.74) is 0. The van der Waals surface area contributed by atoms with E-state index in [1.807, 2.05) is 0 Å². The lowest BCUT2D eigenvalue weighted by atomic mass is 10.1. The van der Waals surface area contributed by atoms with E-state index in [4.69, 9.17) is 5.14 Å². The molecule has 0 radical (unpaired) electrons. The highest BCUT2D eigenvalue weighted by Gasteiger charge is 2.10. The third kappa shape index (κ3) is 4.30. The van der Waals surface area contributed by atoms with Crippen molar-refractivity contribution in [3.05, 3.63) is 0 Å². The fourth-order valence-corrected chi connectivity index (χ4v) is 2.03. The van der Waals surface area contributed by atoms with Crippen LogP contribution in [0.2, 0.25) is 0 Å². The van der Waals surface area contributed by atoms with Crippen molar-refractivity contribution in [3.63, 3.8) is 0 Å². The summed E-state index contributed by atoms with van der Waals surface area (Å²) in [5, 5.41) is 5.16. The van der Waals surface area contributed by atoms with Gasteiger partial charge in [0.1, 0.15) is 5.75 Å². The van der Waals surface area contributed by atoms with Gasteiger partial charge in [0, 0.05) is 24.3 Å². The zero-order valence-electron chi connectivity index (χ0n) is 7.50. The number of hydrogen-bond donors (Lipinski definition) is 1. The maximum absolute atomic E-state index is 10.6. The summed E-state index contributed by atoms with van der Waals surface area (Å²) < 4.78 is 10.6. The van der Waals surface area contributed by atoms with E-state index in [0.717, 1.165) is 13.0 Å². The minimum atomic E-state index is -1.10. The summed E-state index contributed by atoms with van der Waals surface area (Å²) in [5.74, 6) is 0.649. The molecule has 0 spiro atoms. The maximum Gasteiger partial charge on any atom is 0.126 e. The Kier molecular flexibility index (Phi) is 4.99. The van der Waals surface area contributed by atoms with Crippen LogP contribution < -0.4 is 5.14 Å². The molecule has 1 heterocycles. The molecule has 0 aromatic carbocycles. The topological polar surface area (TPSA) is 52.3 Å². The molecule has 1 aliphatic rings. The Morgan fingerprint density at radius 1 is 1.25 bits per heavy atom. The largest absolute Gasteiger partial charge is 0.598 e. The van der Waals surface area contributed by atoms with Crippen LogP contribution in [0.5, 0.6) is 0 Å². The first kappa shape index (κ1) is 10.3. The highest BCUT2D eigenvalue weighted by atomic mass is 32.2. The molecule has 1 aliphatic heterocycles. The second-order valence-electron chi connectivity index (χ2n) is 3.34. The number of hydrogen-bond acceptors (Lipinski definition) is 3. The lowest BCUT2D eigenvalue weighted by molar-refractivity contribution is 0.229. The van der Waals surface area contributed by atoms with Crippen LogP contribution in [0.25, 0.3) is 0 Å². The first-order valence-electron chi connectivity index (χ1n) is 4.64. The van der Waals surface area contributed by atoms with E-state index in [0.29, 0.717) is 5.75 Å². The lowest BCUT2D eigenvalue weighted by Crippen LogP contribution is -2.32. The van der Waals surface area contributed by atoms with E-state index in [9.17, 15) is 4.55 Å². The standard InChI is InChI=1S/C8H18N2OS/c9-12(11)8-4-7-10-5-2-1-3-6-10/h1-9H2. The molecular formula is C8H18N2OS. The zero-order chi connectivity index (χ0) is 8.81. The number of rotatable bonds is 4. The second-order valence-corrected chi connectivity index (χ2v) is 4.51. The Morgan fingerprint density at radius 2 is 1.92 bits per heavy atom. The van der Waals surface area contributed by atoms with Crippen LogP contribution >= 0.6 is 0 Å². The number of likely N-dealkylation sites (tertiary alicyclic amines) is 1. The maximum atomic E-state index is 10.6. The Morgan fingerprint density at radius 3 is 2.50 bits per heavy atom. The summed E-state index contributed by atoms with van der Waals surface area (Å²) in [7, 11) is 0. The van der Waals surface area contributed by atoms with Gasteiger partial charge in [-0.25, -0.2) is 0 Å². The molecule has 3 nitrogen and oxygen atoms in total. The minimum absolute atomic E-state index is 0.649. The summed E-state index contributed by atoms with van der Waals surface area (Å²) >= 11 is -1.10. The summed E-state index contributed by atoms with van der Waals surface area (Å²) in [6.07, 6.45) is 5.00. The third-order valence-corrected chi connectivity index (χ3v) is 2.96. The Bertz CT molecular complexity index is 116. The van der Waals surface area contributed by atoms with Gasteiger partial charge < -0.3 is 9.45 Å². The predicted molar refractivity (Wildman–Crippen MR) is 52.1 cm³/mol. The fraction of sp³-hybridized carbons (Fsp3) is 1.00. The van der Waals surface area contributed by atoms with E-state index in [2.05, 4.69) is 4.90 Å². The highest BCUT2D eigenvalue weighted by molar-refractivity contribution is 7.89. The van der Waals surface area contributed by atoms with E-state index in [-0.39, 0.29) is 0 Å². The van der Waals surface area contributed by atoms with Gasteiger partial charge in [0.15, 0.2) is 0 Å². The van der Waals surface area contributed by atoms with Crippen molar-refractivity contribution in [2.45, 2.75) is 25.7 Å². The Balaban J connectivity index is 1.98. The fourth-order valence-electron chi connectivity index (χ4n) is 1.61. The second kappa shape index (κ2) is 5.80. The van der Waals surface area contributed by atoms with Crippen molar-refractivity contribution in [3.8, 4) is 0 Å². The molecule has 0 aromatic rings. The van der Waals surface area contributed by atoms with Crippen LogP contribution in [0.1, 0.15) is 25.7 Å². The first-order valence-corrected chi connectivity index (χ1v) is 6.02. The summed E-state index contributed by atoms with van der Waals surface area (Å²) in [6.45, 7) is 3.51. The van der Waals surface area contributed by atoms with Gasteiger partial charge in [-0.1, -0.05) is 6.42 Å². The zero-order valence-corrected chi connectivity index (χ0v) is 8.31. The lowest BCUT2D eigenvalue weighted by Gasteiger charge is -2.25. The molecule has 12 heavy (non-hydrogen) atoms. The van der Waals surface area contributed by atoms with E-state index >= 15 is 0 Å². The van der Waals surface area contributed by atoms with Gasteiger partial charge in [-0.3, -0.25) is 0 Å². The molecule has 1 unspecified atom stereocenters. The van der Waals surface area contributed by atoms with Crippen molar-refractivity contribution >= 4 is 11.4 Å². The van der Waals surface area contributed by atoms with Crippen molar-refractivity contribution < 1.29 is 4.55 Å². The average molecular weight is 190 g/mol. The smallest absolute Gasteiger partial charge is 0.126 e. The van der Waals surface area contributed by atoms with Crippen LogP contribution in [-0.2, 0) is 11.4 Å². The predicted octanol–water partition coefficient (Wildman–Crippen LogP) is 0.485. The molecule has 1 atom stereocenters. The van der Waals surface area contributed by atoms with E-state index < -0.39 is 11.4 Å². The van der Waals surface area contributed by atoms with E-state index in [1.54, 1.807) is 0 Å². The molecule has 1 saturated heterocycles.